The van der Waals surface area contributed by atoms with Crippen molar-refractivity contribution < 1.29 is 14.4 Å². The molecule has 1 unspecified atom stereocenters. The van der Waals surface area contributed by atoms with Crippen LogP contribution >= 0.6 is 22.6 Å². The van der Waals surface area contributed by atoms with Crippen LogP contribution in [0.3, 0.4) is 0 Å². The van der Waals surface area contributed by atoms with Gasteiger partial charge in [-0.25, -0.2) is 4.98 Å². The lowest BCUT2D eigenvalue weighted by Gasteiger charge is -2.31. The third-order valence-electron chi connectivity index (χ3n) is 6.77. The number of rotatable bonds is 5. The number of carbonyl (C=O) groups is 3. The maximum Gasteiger partial charge on any atom is 0.264 e. The summed E-state index contributed by atoms with van der Waals surface area (Å²) in [6.07, 6.45) is 2.73. The van der Waals surface area contributed by atoms with E-state index in [1.807, 2.05) is 0 Å². The molecule has 5 rings (SSSR count). The Kier molecular flexibility index (Phi) is 6.78. The molecular weight excluding hydrogens is 573 g/mol. The zero-order valence-electron chi connectivity index (χ0n) is 19.8. The molecule has 1 fully saturated rings. The molecule has 3 amide bonds. The molecule has 1 aromatic heterocycles. The van der Waals surface area contributed by atoms with Crippen LogP contribution < -0.4 is 21.1 Å². The Bertz CT molecular complexity index is 1450. The summed E-state index contributed by atoms with van der Waals surface area (Å²) in [7, 11) is 0. The molecule has 2 aliphatic rings. The van der Waals surface area contributed by atoms with Crippen molar-refractivity contribution in [2.24, 2.45) is 0 Å². The highest BCUT2D eigenvalue weighted by atomic mass is 127. The van der Waals surface area contributed by atoms with Gasteiger partial charge in [0.05, 0.1) is 16.6 Å². The van der Waals surface area contributed by atoms with Gasteiger partial charge >= 0.3 is 0 Å². The first-order valence-electron chi connectivity index (χ1n) is 12.0. The van der Waals surface area contributed by atoms with Crippen molar-refractivity contribution in [1.29, 1.82) is 0 Å². The van der Waals surface area contributed by atoms with Crippen LogP contribution in [0.1, 0.15) is 43.1 Å². The number of nitrogens with zero attached hydrogens (tertiary/aromatic N) is 3. The largest absolute Gasteiger partial charge is 0.371 e. The molecule has 1 atom stereocenters. The number of nitrogens with one attached hydrogen (secondary N) is 2. The molecular formula is C26H26IN5O4. The first kappa shape index (κ1) is 24.4. The van der Waals surface area contributed by atoms with Crippen LogP contribution in [0.4, 0.5) is 11.4 Å². The van der Waals surface area contributed by atoms with Crippen molar-refractivity contribution in [1.82, 2.24) is 14.9 Å². The highest BCUT2D eigenvalue weighted by molar-refractivity contribution is 14.1. The SMILES string of the molecule is Cc1nc2cccc(NC(=O)CCN3CCCc4cc(I)ccc43)c2c(=O)n1C1CCC(=O)NC1=O. The van der Waals surface area contributed by atoms with Gasteiger partial charge in [-0.05, 0) is 84.7 Å². The van der Waals surface area contributed by atoms with E-state index in [4.69, 9.17) is 0 Å². The van der Waals surface area contributed by atoms with Crippen LogP contribution in [0, 0.1) is 10.5 Å². The van der Waals surface area contributed by atoms with Crippen molar-refractivity contribution in [3.63, 3.8) is 0 Å². The molecule has 2 aromatic carbocycles. The number of aromatic nitrogens is 2. The molecule has 0 spiro atoms. The number of aryl methyl sites for hydroxylation is 2. The zero-order chi connectivity index (χ0) is 25.4. The van der Waals surface area contributed by atoms with Crippen LogP contribution in [-0.4, -0.2) is 40.4 Å². The van der Waals surface area contributed by atoms with Crippen LogP contribution in [0.5, 0.6) is 0 Å². The van der Waals surface area contributed by atoms with Crippen LogP contribution in [0.15, 0.2) is 41.2 Å². The topological polar surface area (TPSA) is 113 Å². The maximum absolute atomic E-state index is 13.5. The molecule has 3 aromatic rings. The Morgan fingerprint density at radius 3 is 2.83 bits per heavy atom. The summed E-state index contributed by atoms with van der Waals surface area (Å²) in [6, 6.07) is 10.7. The number of amides is 3. The van der Waals surface area contributed by atoms with Crippen LogP contribution in [0.2, 0.25) is 0 Å². The first-order chi connectivity index (χ1) is 17.3. The van der Waals surface area contributed by atoms with E-state index in [0.717, 1.165) is 19.4 Å². The van der Waals surface area contributed by atoms with Gasteiger partial charge in [0, 0.05) is 35.2 Å². The summed E-state index contributed by atoms with van der Waals surface area (Å²) in [4.78, 5) is 57.3. The summed E-state index contributed by atoms with van der Waals surface area (Å²) in [6.45, 7) is 3.13. The van der Waals surface area contributed by atoms with Crippen molar-refractivity contribution in [3.05, 3.63) is 61.7 Å². The quantitative estimate of drug-likeness (QED) is 0.345. The molecule has 3 heterocycles. The van der Waals surface area contributed by atoms with E-state index in [1.54, 1.807) is 25.1 Å². The zero-order valence-corrected chi connectivity index (χ0v) is 22.0. The van der Waals surface area contributed by atoms with E-state index in [-0.39, 0.29) is 36.5 Å². The minimum Gasteiger partial charge on any atom is -0.371 e. The number of piperidine rings is 1. The summed E-state index contributed by atoms with van der Waals surface area (Å²) in [5.74, 6) is -0.693. The lowest BCUT2D eigenvalue weighted by Crippen LogP contribution is -2.45. The Hall–Kier alpha value is -3.28. The number of benzene rings is 2. The predicted molar refractivity (Wildman–Crippen MR) is 145 cm³/mol. The number of hydrogen-bond donors (Lipinski definition) is 2. The average molecular weight is 599 g/mol. The number of anilines is 2. The van der Waals surface area contributed by atoms with Gasteiger partial charge in [0.1, 0.15) is 11.9 Å². The number of fused-ring (bicyclic) bond motifs is 2. The fraction of sp³-hybridized carbons (Fsp3) is 0.346. The third kappa shape index (κ3) is 4.73. The van der Waals surface area contributed by atoms with E-state index in [0.29, 0.717) is 23.6 Å². The average Bonchev–Trinajstić information content (AvgIpc) is 2.83. The van der Waals surface area contributed by atoms with Gasteiger partial charge in [0.2, 0.25) is 17.7 Å². The summed E-state index contributed by atoms with van der Waals surface area (Å²) in [5.41, 5.74) is 2.87. The lowest BCUT2D eigenvalue weighted by atomic mass is 10.0. The van der Waals surface area contributed by atoms with Crippen molar-refractivity contribution >= 4 is 62.6 Å². The minimum absolute atomic E-state index is 0.150. The summed E-state index contributed by atoms with van der Waals surface area (Å²) in [5, 5.41) is 5.44. The molecule has 1 saturated heterocycles. The molecule has 0 bridgehead atoms. The van der Waals surface area contributed by atoms with Crippen LogP contribution in [0.25, 0.3) is 10.9 Å². The normalized spacial score (nSPS) is 17.6. The summed E-state index contributed by atoms with van der Waals surface area (Å²) < 4.78 is 2.53. The van der Waals surface area contributed by atoms with E-state index in [2.05, 4.69) is 61.3 Å². The molecule has 9 nitrogen and oxygen atoms in total. The smallest absolute Gasteiger partial charge is 0.264 e. The van der Waals surface area contributed by atoms with E-state index in [9.17, 15) is 19.2 Å². The highest BCUT2D eigenvalue weighted by Gasteiger charge is 2.31. The number of carbonyl (C=O) groups excluding carboxylic acids is 3. The monoisotopic (exact) mass is 599 g/mol. The fourth-order valence-corrected chi connectivity index (χ4v) is 5.63. The third-order valence-corrected chi connectivity index (χ3v) is 7.44. The van der Waals surface area contributed by atoms with Gasteiger partial charge in [-0.2, -0.15) is 0 Å². The molecule has 0 aliphatic carbocycles. The van der Waals surface area contributed by atoms with Crippen molar-refractivity contribution in [2.45, 2.75) is 45.1 Å². The van der Waals surface area contributed by atoms with Gasteiger partial charge in [-0.1, -0.05) is 6.07 Å². The predicted octanol–water partition coefficient (Wildman–Crippen LogP) is 3.07. The highest BCUT2D eigenvalue weighted by Crippen LogP contribution is 2.29. The number of imide groups is 1. The second-order valence-corrected chi connectivity index (χ2v) is 10.4. The Balaban J connectivity index is 1.38. The molecule has 186 valence electrons. The van der Waals surface area contributed by atoms with E-state index < -0.39 is 17.5 Å². The second-order valence-electron chi connectivity index (χ2n) is 9.16. The van der Waals surface area contributed by atoms with Crippen molar-refractivity contribution in [2.75, 3.05) is 23.3 Å². The van der Waals surface area contributed by atoms with E-state index in [1.165, 1.54) is 19.4 Å². The van der Waals surface area contributed by atoms with Gasteiger partial charge in [0.25, 0.3) is 5.56 Å². The maximum atomic E-state index is 13.5. The Labute approximate surface area is 221 Å². The fourth-order valence-electron chi connectivity index (χ4n) is 5.08. The molecule has 10 heteroatoms. The van der Waals surface area contributed by atoms with Gasteiger partial charge in [0.15, 0.2) is 0 Å². The minimum atomic E-state index is -0.821. The molecule has 0 saturated carbocycles. The first-order valence-corrected chi connectivity index (χ1v) is 13.1. The Morgan fingerprint density at radius 2 is 2.03 bits per heavy atom. The van der Waals surface area contributed by atoms with Gasteiger partial charge in [-0.15, -0.1) is 0 Å². The van der Waals surface area contributed by atoms with Gasteiger partial charge < -0.3 is 10.2 Å². The summed E-state index contributed by atoms with van der Waals surface area (Å²) >= 11 is 2.31. The molecule has 2 aliphatic heterocycles. The standard InChI is InChI=1S/C26H26IN5O4/c1-15-28-18-5-2-6-19(24(18)26(36)32(15)21-9-10-22(33)30-25(21)35)29-23(34)11-13-31-12-3-4-16-14-17(27)7-8-20(16)31/h2,5-8,14,21H,3-4,9-13H2,1H3,(H,29,34)(H,30,33,35). The molecule has 36 heavy (non-hydrogen) atoms. The lowest BCUT2D eigenvalue weighted by molar-refractivity contribution is -0.135. The van der Waals surface area contributed by atoms with Crippen LogP contribution in [-0.2, 0) is 20.8 Å². The van der Waals surface area contributed by atoms with Crippen molar-refractivity contribution in [3.8, 4) is 0 Å². The number of halogens is 1. The molecule has 2 N–H and O–H groups in total. The van der Waals surface area contributed by atoms with E-state index >= 15 is 0 Å². The Morgan fingerprint density at radius 1 is 1.19 bits per heavy atom. The molecule has 0 radical (unpaired) electrons. The second kappa shape index (κ2) is 10.00. The number of hydrogen-bond acceptors (Lipinski definition) is 6. The van der Waals surface area contributed by atoms with Gasteiger partial charge in [-0.3, -0.25) is 29.1 Å².